The number of nitrogens with one attached hydrogen (secondary N) is 1. The van der Waals surface area contributed by atoms with Crippen LogP contribution in [0.15, 0.2) is 29.3 Å². The van der Waals surface area contributed by atoms with Crippen LogP contribution in [0.2, 0.25) is 0 Å². The number of aryl methyl sites for hydroxylation is 1. The van der Waals surface area contributed by atoms with Crippen molar-refractivity contribution in [3.05, 3.63) is 35.4 Å². The van der Waals surface area contributed by atoms with Crippen LogP contribution in [0, 0.1) is 6.92 Å². The van der Waals surface area contributed by atoms with Crippen LogP contribution < -0.4 is 5.32 Å². The van der Waals surface area contributed by atoms with Gasteiger partial charge in [-0.1, -0.05) is 29.8 Å². The van der Waals surface area contributed by atoms with E-state index in [0.717, 1.165) is 11.1 Å². The number of carbonyl (C=O) groups excluding carboxylic acids is 2. The van der Waals surface area contributed by atoms with Gasteiger partial charge in [0.25, 0.3) is 0 Å². The van der Waals surface area contributed by atoms with Crippen LogP contribution in [-0.2, 0) is 9.59 Å². The molecule has 92 valence electrons. The molecule has 1 atom stereocenters. The van der Waals surface area contributed by atoms with Crippen molar-refractivity contribution in [3.8, 4) is 0 Å². The van der Waals surface area contributed by atoms with Gasteiger partial charge in [-0.3, -0.25) is 24.8 Å². The molecule has 0 bridgehead atoms. The Labute approximate surface area is 105 Å². The molecule has 1 unspecified atom stereocenters. The van der Waals surface area contributed by atoms with Crippen molar-refractivity contribution in [1.82, 2.24) is 10.2 Å². The minimum Gasteiger partial charge on any atom is -0.295 e. The van der Waals surface area contributed by atoms with Crippen LogP contribution in [0.5, 0.6) is 0 Å². The van der Waals surface area contributed by atoms with Crippen molar-refractivity contribution >= 4 is 17.8 Å². The summed E-state index contributed by atoms with van der Waals surface area (Å²) in [7, 11) is 0. The monoisotopic (exact) mass is 243 g/mol. The SMILES string of the molecule is Cc1cccc(C2C(=O)NC3=NCCN3C2=O)c1. The van der Waals surface area contributed by atoms with E-state index >= 15 is 0 Å². The Hall–Kier alpha value is -2.17. The Morgan fingerprint density at radius 3 is 3.00 bits per heavy atom. The summed E-state index contributed by atoms with van der Waals surface area (Å²) in [6, 6.07) is 7.49. The van der Waals surface area contributed by atoms with Gasteiger partial charge in [-0.15, -0.1) is 0 Å². The first kappa shape index (κ1) is 11.0. The quantitative estimate of drug-likeness (QED) is 0.726. The predicted molar refractivity (Wildman–Crippen MR) is 66.1 cm³/mol. The number of nitrogens with zero attached hydrogens (tertiary/aromatic N) is 2. The average molecular weight is 243 g/mol. The molecule has 1 aromatic carbocycles. The Kier molecular flexibility index (Phi) is 2.40. The summed E-state index contributed by atoms with van der Waals surface area (Å²) in [5.74, 6) is -0.820. The van der Waals surface area contributed by atoms with Gasteiger partial charge < -0.3 is 0 Å². The van der Waals surface area contributed by atoms with Gasteiger partial charge in [-0.05, 0) is 12.5 Å². The van der Waals surface area contributed by atoms with Crippen molar-refractivity contribution in [2.75, 3.05) is 13.1 Å². The van der Waals surface area contributed by atoms with E-state index in [-0.39, 0.29) is 11.8 Å². The fourth-order valence-corrected chi connectivity index (χ4v) is 2.36. The second-order valence-corrected chi connectivity index (χ2v) is 4.53. The maximum atomic E-state index is 12.3. The van der Waals surface area contributed by atoms with Crippen molar-refractivity contribution < 1.29 is 9.59 Å². The van der Waals surface area contributed by atoms with Crippen molar-refractivity contribution in [1.29, 1.82) is 0 Å². The minimum atomic E-state index is -0.748. The molecular weight excluding hydrogens is 230 g/mol. The van der Waals surface area contributed by atoms with Gasteiger partial charge in [0.2, 0.25) is 17.8 Å². The molecule has 1 saturated heterocycles. The van der Waals surface area contributed by atoms with E-state index in [9.17, 15) is 9.59 Å². The third-order valence-corrected chi connectivity index (χ3v) is 3.23. The van der Waals surface area contributed by atoms with E-state index in [1.807, 2.05) is 31.2 Å². The summed E-state index contributed by atoms with van der Waals surface area (Å²) in [5, 5.41) is 2.69. The zero-order valence-corrected chi connectivity index (χ0v) is 10.0. The fraction of sp³-hybridized carbons (Fsp3) is 0.308. The molecule has 1 aromatic rings. The van der Waals surface area contributed by atoms with Crippen LogP contribution in [0.1, 0.15) is 17.0 Å². The first-order chi connectivity index (χ1) is 8.66. The summed E-state index contributed by atoms with van der Waals surface area (Å²) in [6.07, 6.45) is 0. The lowest BCUT2D eigenvalue weighted by atomic mass is 9.94. The molecule has 2 heterocycles. The highest BCUT2D eigenvalue weighted by molar-refractivity contribution is 6.21. The van der Waals surface area contributed by atoms with Crippen LogP contribution >= 0.6 is 0 Å². The number of carbonyl (C=O) groups is 2. The lowest BCUT2D eigenvalue weighted by Crippen LogP contribution is -2.55. The van der Waals surface area contributed by atoms with Gasteiger partial charge >= 0.3 is 0 Å². The summed E-state index contributed by atoms with van der Waals surface area (Å²) in [6.45, 7) is 3.05. The number of fused-ring (bicyclic) bond motifs is 1. The number of hydrogen-bond donors (Lipinski definition) is 1. The maximum Gasteiger partial charge on any atom is 0.246 e. The highest BCUT2D eigenvalue weighted by Crippen LogP contribution is 2.24. The highest BCUT2D eigenvalue weighted by Gasteiger charge is 2.41. The van der Waals surface area contributed by atoms with Gasteiger partial charge in [0, 0.05) is 6.54 Å². The largest absolute Gasteiger partial charge is 0.295 e. The Bertz CT molecular complexity index is 565. The number of amides is 2. The molecule has 18 heavy (non-hydrogen) atoms. The number of aliphatic imine (C=N–C) groups is 1. The number of hydrogen-bond acceptors (Lipinski definition) is 3. The average Bonchev–Trinajstić information content (AvgIpc) is 2.77. The zero-order chi connectivity index (χ0) is 12.7. The summed E-state index contributed by atoms with van der Waals surface area (Å²) < 4.78 is 0. The van der Waals surface area contributed by atoms with E-state index in [0.29, 0.717) is 19.0 Å². The molecule has 0 aromatic heterocycles. The number of guanidine groups is 1. The lowest BCUT2D eigenvalue weighted by Gasteiger charge is -2.29. The second-order valence-electron chi connectivity index (χ2n) is 4.53. The van der Waals surface area contributed by atoms with E-state index < -0.39 is 5.92 Å². The molecule has 2 amide bonds. The minimum absolute atomic E-state index is 0.180. The first-order valence-electron chi connectivity index (χ1n) is 5.90. The molecule has 3 rings (SSSR count). The maximum absolute atomic E-state index is 12.3. The van der Waals surface area contributed by atoms with Crippen LogP contribution in [0.4, 0.5) is 0 Å². The van der Waals surface area contributed by atoms with Crippen LogP contribution in [0.3, 0.4) is 0 Å². The lowest BCUT2D eigenvalue weighted by molar-refractivity contribution is -0.137. The highest BCUT2D eigenvalue weighted by atomic mass is 16.2. The normalized spacial score (nSPS) is 22.6. The fourth-order valence-electron chi connectivity index (χ4n) is 2.36. The van der Waals surface area contributed by atoms with E-state index in [2.05, 4.69) is 10.3 Å². The Morgan fingerprint density at radius 2 is 2.22 bits per heavy atom. The van der Waals surface area contributed by atoms with Gasteiger partial charge in [0.1, 0.15) is 5.92 Å². The molecule has 5 nitrogen and oxygen atoms in total. The van der Waals surface area contributed by atoms with Gasteiger partial charge in [-0.25, -0.2) is 0 Å². The molecule has 1 fully saturated rings. The Morgan fingerprint density at radius 1 is 1.39 bits per heavy atom. The summed E-state index contributed by atoms with van der Waals surface area (Å²) in [5.41, 5.74) is 1.78. The molecule has 0 radical (unpaired) electrons. The van der Waals surface area contributed by atoms with E-state index in [1.54, 1.807) is 4.90 Å². The van der Waals surface area contributed by atoms with E-state index in [4.69, 9.17) is 0 Å². The van der Waals surface area contributed by atoms with E-state index in [1.165, 1.54) is 0 Å². The summed E-state index contributed by atoms with van der Waals surface area (Å²) in [4.78, 5) is 30.0. The molecule has 1 N–H and O–H groups in total. The molecule has 5 heteroatoms. The molecule has 0 spiro atoms. The molecular formula is C13H13N3O2. The second kappa shape index (κ2) is 3.94. The molecule has 0 aliphatic carbocycles. The van der Waals surface area contributed by atoms with Crippen molar-refractivity contribution in [2.45, 2.75) is 12.8 Å². The zero-order valence-electron chi connectivity index (χ0n) is 10.0. The van der Waals surface area contributed by atoms with Gasteiger partial charge in [0.05, 0.1) is 6.54 Å². The third kappa shape index (κ3) is 1.59. The smallest absolute Gasteiger partial charge is 0.246 e. The molecule has 2 aliphatic rings. The van der Waals surface area contributed by atoms with Crippen LogP contribution in [0.25, 0.3) is 0 Å². The third-order valence-electron chi connectivity index (χ3n) is 3.23. The molecule has 2 aliphatic heterocycles. The number of benzene rings is 1. The predicted octanol–water partition coefficient (Wildman–Crippen LogP) is 0.407. The first-order valence-corrected chi connectivity index (χ1v) is 5.90. The Balaban J connectivity index is 1.99. The van der Waals surface area contributed by atoms with Crippen LogP contribution in [-0.4, -0.2) is 35.8 Å². The topological polar surface area (TPSA) is 61.8 Å². The van der Waals surface area contributed by atoms with Crippen molar-refractivity contribution in [3.63, 3.8) is 0 Å². The van der Waals surface area contributed by atoms with Gasteiger partial charge in [-0.2, -0.15) is 0 Å². The molecule has 0 saturated carbocycles. The standard InChI is InChI=1S/C13H13N3O2/c1-8-3-2-4-9(7-8)10-11(17)15-13-14-5-6-16(13)12(10)18/h2-4,7,10H,5-6H2,1H3,(H,14,15,17). The van der Waals surface area contributed by atoms with Gasteiger partial charge in [0.15, 0.2) is 0 Å². The van der Waals surface area contributed by atoms with Crippen molar-refractivity contribution in [2.24, 2.45) is 4.99 Å². The number of rotatable bonds is 1. The summed E-state index contributed by atoms with van der Waals surface area (Å²) >= 11 is 0.